The van der Waals surface area contributed by atoms with Gasteiger partial charge in [0.05, 0.1) is 4.88 Å². The predicted octanol–water partition coefficient (Wildman–Crippen LogP) is 1.94. The second-order valence-corrected chi connectivity index (χ2v) is 5.85. The molecule has 19 heavy (non-hydrogen) atoms. The number of hydrogen-bond acceptors (Lipinski definition) is 4. The van der Waals surface area contributed by atoms with E-state index in [1.54, 1.807) is 6.07 Å². The van der Waals surface area contributed by atoms with E-state index in [0.29, 0.717) is 31.8 Å². The van der Waals surface area contributed by atoms with Gasteiger partial charge in [0.15, 0.2) is 5.78 Å². The number of thiophene rings is 1. The Morgan fingerprint density at radius 3 is 2.63 bits per heavy atom. The summed E-state index contributed by atoms with van der Waals surface area (Å²) in [5, 5.41) is 10.9. The molecule has 4 nitrogen and oxygen atoms in total. The first kappa shape index (κ1) is 14.2. The van der Waals surface area contributed by atoms with Crippen LogP contribution in [-0.4, -0.2) is 41.4 Å². The van der Waals surface area contributed by atoms with E-state index in [9.17, 15) is 9.59 Å². The van der Waals surface area contributed by atoms with E-state index in [1.807, 2.05) is 16.3 Å². The molecule has 0 atom stereocenters. The van der Waals surface area contributed by atoms with Crippen LogP contribution in [-0.2, 0) is 4.79 Å². The van der Waals surface area contributed by atoms with Crippen molar-refractivity contribution in [3.8, 4) is 0 Å². The van der Waals surface area contributed by atoms with Gasteiger partial charge >= 0.3 is 0 Å². The maximum Gasteiger partial charge on any atom is 0.223 e. The Hall–Kier alpha value is -1.20. The summed E-state index contributed by atoms with van der Waals surface area (Å²) in [6.07, 6.45) is 2.31. The predicted molar refractivity (Wildman–Crippen MR) is 74.3 cm³/mol. The number of carbonyl (C=O) groups is 2. The lowest BCUT2D eigenvalue weighted by molar-refractivity contribution is -0.132. The largest absolute Gasteiger partial charge is 0.396 e. The Bertz CT molecular complexity index is 422. The second-order valence-electron chi connectivity index (χ2n) is 4.91. The topological polar surface area (TPSA) is 57.6 Å². The number of piperidine rings is 1. The Morgan fingerprint density at radius 2 is 2.05 bits per heavy atom. The van der Waals surface area contributed by atoms with Crippen LogP contribution in [0.2, 0.25) is 0 Å². The number of ketones is 1. The van der Waals surface area contributed by atoms with Crippen LogP contribution in [0.15, 0.2) is 17.5 Å². The third-order valence-corrected chi connectivity index (χ3v) is 4.50. The molecule has 0 radical (unpaired) electrons. The molecule has 0 aliphatic carbocycles. The minimum absolute atomic E-state index is 0.0496. The monoisotopic (exact) mass is 281 g/mol. The molecule has 2 heterocycles. The van der Waals surface area contributed by atoms with Crippen molar-refractivity contribution < 1.29 is 14.7 Å². The lowest BCUT2D eigenvalue weighted by Crippen LogP contribution is -2.39. The zero-order chi connectivity index (χ0) is 13.7. The van der Waals surface area contributed by atoms with Crippen LogP contribution in [0.5, 0.6) is 0 Å². The molecule has 1 aliphatic heterocycles. The van der Waals surface area contributed by atoms with E-state index in [1.165, 1.54) is 11.3 Å². The smallest absolute Gasteiger partial charge is 0.223 e. The standard InChI is InChI=1S/C14H19NO3S/c16-10-11-5-7-15(8-6-11)14(18)4-3-12(17)13-2-1-9-19-13/h1-2,9,11,16H,3-8,10H2. The summed E-state index contributed by atoms with van der Waals surface area (Å²) < 4.78 is 0. The number of amides is 1. The van der Waals surface area contributed by atoms with Crippen molar-refractivity contribution in [1.29, 1.82) is 0 Å². The summed E-state index contributed by atoms with van der Waals surface area (Å²) in [5.74, 6) is 0.437. The Morgan fingerprint density at radius 1 is 1.32 bits per heavy atom. The molecule has 1 saturated heterocycles. The fourth-order valence-corrected chi connectivity index (χ4v) is 3.00. The first-order chi connectivity index (χ1) is 9.20. The fourth-order valence-electron chi connectivity index (χ4n) is 2.30. The molecule has 104 valence electrons. The molecule has 0 spiro atoms. The Labute approximate surface area is 117 Å². The summed E-state index contributed by atoms with van der Waals surface area (Å²) >= 11 is 1.42. The highest BCUT2D eigenvalue weighted by Gasteiger charge is 2.22. The molecule has 0 aromatic carbocycles. The third kappa shape index (κ3) is 3.88. The number of hydrogen-bond donors (Lipinski definition) is 1. The molecule has 1 fully saturated rings. The van der Waals surface area contributed by atoms with Crippen LogP contribution >= 0.6 is 11.3 Å². The Balaban J connectivity index is 1.74. The van der Waals surface area contributed by atoms with Crippen LogP contribution in [0.1, 0.15) is 35.4 Å². The van der Waals surface area contributed by atoms with Gasteiger partial charge in [0.1, 0.15) is 0 Å². The van der Waals surface area contributed by atoms with Gasteiger partial charge in [-0.15, -0.1) is 11.3 Å². The lowest BCUT2D eigenvalue weighted by atomic mass is 9.97. The number of likely N-dealkylation sites (tertiary alicyclic amines) is 1. The van der Waals surface area contributed by atoms with Crippen LogP contribution in [0, 0.1) is 5.92 Å². The van der Waals surface area contributed by atoms with Crippen molar-refractivity contribution in [2.75, 3.05) is 19.7 Å². The molecule has 1 aromatic heterocycles. The number of Topliss-reactive ketones (excluding diaryl/α,β-unsaturated/α-hetero) is 1. The van der Waals surface area contributed by atoms with Crippen LogP contribution in [0.25, 0.3) is 0 Å². The van der Waals surface area contributed by atoms with Crippen LogP contribution in [0.4, 0.5) is 0 Å². The summed E-state index contributed by atoms with van der Waals surface area (Å²) in [6.45, 7) is 1.62. The van der Waals surface area contributed by atoms with Gasteiger partial charge in [0, 0.05) is 32.5 Å². The normalized spacial score (nSPS) is 16.6. The summed E-state index contributed by atoms with van der Waals surface area (Å²) in [7, 11) is 0. The van der Waals surface area contributed by atoms with E-state index in [2.05, 4.69) is 0 Å². The van der Waals surface area contributed by atoms with E-state index in [4.69, 9.17) is 5.11 Å². The molecule has 0 bridgehead atoms. The highest BCUT2D eigenvalue weighted by Crippen LogP contribution is 2.18. The van der Waals surface area contributed by atoms with Gasteiger partial charge in [-0.3, -0.25) is 9.59 Å². The highest BCUT2D eigenvalue weighted by atomic mass is 32.1. The minimum Gasteiger partial charge on any atom is -0.396 e. The lowest BCUT2D eigenvalue weighted by Gasteiger charge is -2.31. The summed E-state index contributed by atoms with van der Waals surface area (Å²) in [4.78, 5) is 26.3. The summed E-state index contributed by atoms with van der Waals surface area (Å²) in [5.41, 5.74) is 0. The van der Waals surface area contributed by atoms with Crippen molar-refractivity contribution in [1.82, 2.24) is 4.90 Å². The van der Waals surface area contributed by atoms with Crippen molar-refractivity contribution in [3.63, 3.8) is 0 Å². The molecule has 2 rings (SSSR count). The molecular weight excluding hydrogens is 262 g/mol. The van der Waals surface area contributed by atoms with Gasteiger partial charge in [-0.05, 0) is 30.2 Å². The van der Waals surface area contributed by atoms with Gasteiger partial charge < -0.3 is 10.0 Å². The van der Waals surface area contributed by atoms with Crippen LogP contribution in [0.3, 0.4) is 0 Å². The molecule has 1 N–H and O–H groups in total. The van der Waals surface area contributed by atoms with Crippen molar-refractivity contribution >= 4 is 23.0 Å². The zero-order valence-corrected chi connectivity index (χ0v) is 11.7. The van der Waals surface area contributed by atoms with Gasteiger partial charge in [-0.1, -0.05) is 6.07 Å². The number of nitrogens with zero attached hydrogens (tertiary/aromatic N) is 1. The van der Waals surface area contributed by atoms with Gasteiger partial charge in [0.25, 0.3) is 0 Å². The highest BCUT2D eigenvalue weighted by molar-refractivity contribution is 7.12. The molecule has 1 amide bonds. The second kappa shape index (κ2) is 6.82. The van der Waals surface area contributed by atoms with Gasteiger partial charge in [-0.2, -0.15) is 0 Å². The average Bonchev–Trinajstić information content (AvgIpc) is 2.98. The number of carbonyl (C=O) groups excluding carboxylic acids is 2. The number of rotatable bonds is 5. The number of aliphatic hydroxyl groups excluding tert-OH is 1. The first-order valence-corrected chi connectivity index (χ1v) is 7.54. The van der Waals surface area contributed by atoms with E-state index in [-0.39, 0.29) is 18.3 Å². The van der Waals surface area contributed by atoms with E-state index in [0.717, 1.165) is 17.7 Å². The fraction of sp³-hybridized carbons (Fsp3) is 0.571. The van der Waals surface area contributed by atoms with Crippen molar-refractivity contribution in [3.05, 3.63) is 22.4 Å². The minimum atomic E-state index is 0.0496. The molecule has 1 aromatic rings. The quantitative estimate of drug-likeness (QED) is 0.839. The molecule has 0 unspecified atom stereocenters. The van der Waals surface area contributed by atoms with E-state index >= 15 is 0 Å². The maximum atomic E-state index is 12.0. The molecule has 1 aliphatic rings. The number of aliphatic hydroxyl groups is 1. The SMILES string of the molecule is O=C(CCC(=O)N1CCC(CO)CC1)c1cccs1. The molecule has 0 saturated carbocycles. The molecule has 5 heteroatoms. The average molecular weight is 281 g/mol. The summed E-state index contributed by atoms with van der Waals surface area (Å²) in [6, 6.07) is 3.64. The van der Waals surface area contributed by atoms with Gasteiger partial charge in [-0.25, -0.2) is 0 Å². The maximum absolute atomic E-state index is 12.0. The van der Waals surface area contributed by atoms with Crippen molar-refractivity contribution in [2.45, 2.75) is 25.7 Å². The van der Waals surface area contributed by atoms with Crippen LogP contribution < -0.4 is 0 Å². The zero-order valence-electron chi connectivity index (χ0n) is 10.9. The van der Waals surface area contributed by atoms with E-state index < -0.39 is 0 Å². The molecular formula is C14H19NO3S. The Kier molecular flexibility index (Phi) is 5.10. The first-order valence-electron chi connectivity index (χ1n) is 6.66. The van der Waals surface area contributed by atoms with Gasteiger partial charge in [0.2, 0.25) is 5.91 Å². The third-order valence-electron chi connectivity index (χ3n) is 3.59. The van der Waals surface area contributed by atoms with Crippen molar-refractivity contribution in [2.24, 2.45) is 5.92 Å².